The Labute approximate surface area is 153 Å². The predicted octanol–water partition coefficient (Wildman–Crippen LogP) is 3.27. The SMILES string of the molecule is CN1C(=O)c2ccccc2N(C)c2cc(N=CC3CC[C@H](N)C3)ncc21. The molecule has 0 radical (unpaired) electrons. The van der Waals surface area contributed by atoms with Gasteiger partial charge in [0, 0.05) is 32.4 Å². The Hall–Kier alpha value is -2.73. The molecule has 1 unspecified atom stereocenters. The first-order valence-corrected chi connectivity index (χ1v) is 8.95. The molecule has 1 saturated carbocycles. The van der Waals surface area contributed by atoms with Gasteiger partial charge in [0.1, 0.15) is 0 Å². The number of pyridine rings is 1. The fourth-order valence-electron chi connectivity index (χ4n) is 3.76. The van der Waals surface area contributed by atoms with E-state index in [1.54, 1.807) is 18.1 Å². The van der Waals surface area contributed by atoms with Crippen LogP contribution in [0.1, 0.15) is 29.6 Å². The van der Waals surface area contributed by atoms with Gasteiger partial charge < -0.3 is 15.5 Å². The van der Waals surface area contributed by atoms with Gasteiger partial charge in [0.2, 0.25) is 0 Å². The van der Waals surface area contributed by atoms with Crippen molar-refractivity contribution in [2.24, 2.45) is 16.6 Å². The fourth-order valence-corrected chi connectivity index (χ4v) is 3.76. The number of anilines is 3. The van der Waals surface area contributed by atoms with Crippen LogP contribution in [0.15, 0.2) is 41.5 Å². The van der Waals surface area contributed by atoms with Crippen LogP contribution in [0.4, 0.5) is 22.9 Å². The Kier molecular flexibility index (Phi) is 4.20. The number of carbonyl (C=O) groups excluding carboxylic acids is 1. The van der Waals surface area contributed by atoms with E-state index in [1.807, 2.05) is 48.5 Å². The number of aromatic nitrogens is 1. The third-order valence-corrected chi connectivity index (χ3v) is 5.30. The number of nitrogens with zero attached hydrogens (tertiary/aromatic N) is 4. The Morgan fingerprint density at radius 2 is 1.96 bits per heavy atom. The highest BCUT2D eigenvalue weighted by molar-refractivity contribution is 6.13. The maximum Gasteiger partial charge on any atom is 0.260 e. The summed E-state index contributed by atoms with van der Waals surface area (Å²) in [5.74, 6) is 1.04. The molecule has 1 aromatic heterocycles. The van der Waals surface area contributed by atoms with Crippen molar-refractivity contribution >= 4 is 35.0 Å². The number of amides is 1. The van der Waals surface area contributed by atoms with Crippen molar-refractivity contribution in [1.29, 1.82) is 0 Å². The number of nitrogens with two attached hydrogens (primary N) is 1. The predicted molar refractivity (Wildman–Crippen MR) is 105 cm³/mol. The highest BCUT2D eigenvalue weighted by Crippen LogP contribution is 2.40. The van der Waals surface area contributed by atoms with Crippen LogP contribution in [-0.2, 0) is 0 Å². The first-order valence-electron chi connectivity index (χ1n) is 8.95. The van der Waals surface area contributed by atoms with Gasteiger partial charge in [-0.05, 0) is 37.3 Å². The standard InChI is InChI=1S/C20H23N5O/c1-24-16-6-4-3-5-15(16)20(26)25(2)18-12-23-19(10-17(18)24)22-11-13-7-8-14(21)9-13/h3-6,10-14H,7-9,21H2,1-2H3/t13?,14-/m0/s1. The number of aliphatic imine (C=N–C) groups is 1. The molecule has 2 heterocycles. The van der Waals surface area contributed by atoms with Gasteiger partial charge >= 0.3 is 0 Å². The Morgan fingerprint density at radius 3 is 2.73 bits per heavy atom. The zero-order valence-corrected chi connectivity index (χ0v) is 15.1. The van der Waals surface area contributed by atoms with Crippen molar-refractivity contribution in [1.82, 2.24) is 4.98 Å². The first-order chi connectivity index (χ1) is 12.5. The van der Waals surface area contributed by atoms with E-state index < -0.39 is 0 Å². The first kappa shape index (κ1) is 16.7. The highest BCUT2D eigenvalue weighted by atomic mass is 16.2. The molecule has 6 heteroatoms. The van der Waals surface area contributed by atoms with Crippen molar-refractivity contribution < 1.29 is 4.79 Å². The van der Waals surface area contributed by atoms with Crippen LogP contribution < -0.4 is 15.5 Å². The maximum absolute atomic E-state index is 12.8. The largest absolute Gasteiger partial charge is 0.342 e. The number of fused-ring (bicyclic) bond motifs is 2. The summed E-state index contributed by atoms with van der Waals surface area (Å²) in [5.41, 5.74) is 9.22. The zero-order chi connectivity index (χ0) is 18.3. The third kappa shape index (κ3) is 2.86. The van der Waals surface area contributed by atoms with Crippen LogP contribution >= 0.6 is 0 Å². The summed E-state index contributed by atoms with van der Waals surface area (Å²) in [7, 11) is 3.75. The summed E-state index contributed by atoms with van der Waals surface area (Å²) in [6.45, 7) is 0. The summed E-state index contributed by atoms with van der Waals surface area (Å²) in [5, 5.41) is 0. The molecule has 2 atom stereocenters. The number of benzene rings is 1. The van der Waals surface area contributed by atoms with Gasteiger partial charge in [0.05, 0.1) is 28.8 Å². The molecule has 0 saturated heterocycles. The minimum atomic E-state index is -0.0378. The highest BCUT2D eigenvalue weighted by Gasteiger charge is 2.27. The molecule has 134 valence electrons. The van der Waals surface area contributed by atoms with Crippen molar-refractivity contribution in [3.05, 3.63) is 42.1 Å². The third-order valence-electron chi connectivity index (χ3n) is 5.30. The van der Waals surface area contributed by atoms with E-state index in [4.69, 9.17) is 5.73 Å². The number of rotatable bonds is 2. The number of hydrogen-bond donors (Lipinski definition) is 1. The summed E-state index contributed by atoms with van der Waals surface area (Å²) >= 11 is 0. The van der Waals surface area contributed by atoms with Gasteiger partial charge in [-0.3, -0.25) is 4.79 Å². The van der Waals surface area contributed by atoms with Gasteiger partial charge in [-0.1, -0.05) is 12.1 Å². The van der Waals surface area contributed by atoms with Crippen LogP contribution in [0.25, 0.3) is 0 Å². The quantitative estimate of drug-likeness (QED) is 0.845. The lowest BCUT2D eigenvalue weighted by atomic mass is 10.1. The summed E-state index contributed by atoms with van der Waals surface area (Å²) < 4.78 is 0. The minimum Gasteiger partial charge on any atom is -0.342 e. The molecule has 1 aromatic carbocycles. The van der Waals surface area contributed by atoms with Gasteiger partial charge in [0.15, 0.2) is 5.82 Å². The molecule has 1 amide bonds. The summed E-state index contributed by atoms with van der Waals surface area (Å²) in [4.78, 5) is 25.5. The maximum atomic E-state index is 12.8. The normalized spacial score (nSPS) is 22.5. The second-order valence-electron chi connectivity index (χ2n) is 7.08. The van der Waals surface area contributed by atoms with E-state index in [0.29, 0.717) is 17.3 Å². The zero-order valence-electron chi connectivity index (χ0n) is 15.1. The van der Waals surface area contributed by atoms with Crippen LogP contribution in [-0.4, -0.2) is 37.2 Å². The van der Waals surface area contributed by atoms with Crippen molar-refractivity contribution in [3.8, 4) is 0 Å². The lowest BCUT2D eigenvalue weighted by Crippen LogP contribution is -2.25. The second kappa shape index (κ2) is 6.53. The topological polar surface area (TPSA) is 74.8 Å². The van der Waals surface area contributed by atoms with Gasteiger partial charge in [0.25, 0.3) is 5.91 Å². The smallest absolute Gasteiger partial charge is 0.260 e. The Morgan fingerprint density at radius 1 is 1.15 bits per heavy atom. The van der Waals surface area contributed by atoms with E-state index in [1.165, 1.54) is 0 Å². The molecule has 4 rings (SSSR count). The molecule has 26 heavy (non-hydrogen) atoms. The van der Waals surface area contributed by atoms with Crippen LogP contribution in [0.3, 0.4) is 0 Å². The van der Waals surface area contributed by atoms with Crippen molar-refractivity contribution in [2.75, 3.05) is 23.9 Å². The summed E-state index contributed by atoms with van der Waals surface area (Å²) in [6, 6.07) is 9.86. The number of para-hydroxylation sites is 1. The average Bonchev–Trinajstić information content (AvgIpc) is 3.06. The molecule has 1 fully saturated rings. The fraction of sp³-hybridized carbons (Fsp3) is 0.350. The second-order valence-corrected chi connectivity index (χ2v) is 7.08. The molecular formula is C20H23N5O. The number of hydrogen-bond acceptors (Lipinski definition) is 5. The number of carbonyl (C=O) groups is 1. The van der Waals surface area contributed by atoms with Crippen LogP contribution in [0, 0.1) is 5.92 Å². The Balaban J connectivity index is 1.71. The average molecular weight is 349 g/mol. The molecule has 0 spiro atoms. The van der Waals surface area contributed by atoms with E-state index in [2.05, 4.69) is 9.98 Å². The van der Waals surface area contributed by atoms with E-state index in [-0.39, 0.29) is 11.9 Å². The minimum absolute atomic E-state index is 0.0378. The monoisotopic (exact) mass is 349 g/mol. The molecule has 2 N–H and O–H groups in total. The molecule has 1 aliphatic carbocycles. The summed E-state index contributed by atoms with van der Waals surface area (Å²) in [6.07, 6.45) is 6.82. The van der Waals surface area contributed by atoms with Gasteiger partial charge in [-0.15, -0.1) is 0 Å². The van der Waals surface area contributed by atoms with Crippen molar-refractivity contribution in [2.45, 2.75) is 25.3 Å². The van der Waals surface area contributed by atoms with E-state index in [9.17, 15) is 4.79 Å². The molecular weight excluding hydrogens is 326 g/mol. The van der Waals surface area contributed by atoms with E-state index >= 15 is 0 Å². The Bertz CT molecular complexity index is 878. The van der Waals surface area contributed by atoms with Gasteiger partial charge in [-0.2, -0.15) is 0 Å². The van der Waals surface area contributed by atoms with E-state index in [0.717, 1.165) is 36.3 Å². The lowest BCUT2D eigenvalue weighted by molar-refractivity contribution is 0.0994. The lowest BCUT2D eigenvalue weighted by Gasteiger charge is -2.22. The molecule has 1 aliphatic heterocycles. The molecule has 0 bridgehead atoms. The van der Waals surface area contributed by atoms with Crippen molar-refractivity contribution in [3.63, 3.8) is 0 Å². The van der Waals surface area contributed by atoms with Crippen LogP contribution in [0.5, 0.6) is 0 Å². The van der Waals surface area contributed by atoms with Gasteiger partial charge in [-0.25, -0.2) is 9.98 Å². The molecule has 2 aromatic rings. The molecule has 2 aliphatic rings. The van der Waals surface area contributed by atoms with Crippen LogP contribution in [0.2, 0.25) is 0 Å². The molecule has 6 nitrogen and oxygen atoms in total.